The molecule has 0 aliphatic carbocycles. The van der Waals surface area contributed by atoms with Crippen LogP contribution in [-0.4, -0.2) is 27.8 Å². The van der Waals surface area contributed by atoms with E-state index in [4.69, 9.17) is 0 Å². The van der Waals surface area contributed by atoms with Crippen molar-refractivity contribution in [2.24, 2.45) is 0 Å². The van der Waals surface area contributed by atoms with Crippen molar-refractivity contribution in [3.8, 4) is 0 Å². The molecule has 0 aliphatic heterocycles. The molecule has 5 heteroatoms. The van der Waals surface area contributed by atoms with Gasteiger partial charge in [0.1, 0.15) is 0 Å². The van der Waals surface area contributed by atoms with Crippen molar-refractivity contribution in [1.29, 1.82) is 0 Å². The third-order valence-corrected chi connectivity index (χ3v) is 4.18. The van der Waals surface area contributed by atoms with Gasteiger partial charge in [-0.2, -0.15) is 0 Å². The predicted molar refractivity (Wildman–Crippen MR) is 98.5 cm³/mol. The summed E-state index contributed by atoms with van der Waals surface area (Å²) >= 11 is 0. The summed E-state index contributed by atoms with van der Waals surface area (Å²) in [6.07, 6.45) is 0. The molecule has 25 heavy (non-hydrogen) atoms. The van der Waals surface area contributed by atoms with Crippen molar-refractivity contribution >= 4 is 11.6 Å². The molecule has 0 radical (unpaired) electrons. The van der Waals surface area contributed by atoms with Crippen LogP contribution in [0.5, 0.6) is 0 Å². The maximum atomic E-state index is 13.3. The standard InChI is InChI=1S/C20H24N2O3/c1-14(2)21(15(3)4)20(23)19(16-8-6-5-7-9-16)17-10-12-18(13-11-17)22(24)25/h5-15,19H,1-4H3. The Morgan fingerprint density at radius 2 is 1.36 bits per heavy atom. The van der Waals surface area contributed by atoms with E-state index in [0.29, 0.717) is 0 Å². The van der Waals surface area contributed by atoms with E-state index >= 15 is 0 Å². The Labute approximate surface area is 148 Å². The molecular formula is C20H24N2O3. The fourth-order valence-corrected chi connectivity index (χ4v) is 3.17. The van der Waals surface area contributed by atoms with Crippen LogP contribution in [0, 0.1) is 10.1 Å². The van der Waals surface area contributed by atoms with Gasteiger partial charge in [-0.25, -0.2) is 0 Å². The fourth-order valence-electron chi connectivity index (χ4n) is 3.17. The van der Waals surface area contributed by atoms with Gasteiger partial charge in [0.15, 0.2) is 0 Å². The molecule has 0 N–H and O–H groups in total. The number of hydrogen-bond donors (Lipinski definition) is 0. The summed E-state index contributed by atoms with van der Waals surface area (Å²) < 4.78 is 0. The molecule has 0 aromatic heterocycles. The maximum Gasteiger partial charge on any atom is 0.269 e. The van der Waals surface area contributed by atoms with Crippen LogP contribution in [0.15, 0.2) is 54.6 Å². The van der Waals surface area contributed by atoms with E-state index < -0.39 is 10.8 Å². The van der Waals surface area contributed by atoms with Crippen molar-refractivity contribution in [2.75, 3.05) is 0 Å². The summed E-state index contributed by atoms with van der Waals surface area (Å²) in [4.78, 5) is 25.7. The van der Waals surface area contributed by atoms with Crippen LogP contribution in [0.2, 0.25) is 0 Å². The largest absolute Gasteiger partial charge is 0.337 e. The Balaban J connectivity index is 2.50. The average molecular weight is 340 g/mol. The van der Waals surface area contributed by atoms with E-state index in [-0.39, 0.29) is 23.7 Å². The Hall–Kier alpha value is -2.69. The average Bonchev–Trinajstić information content (AvgIpc) is 2.56. The number of nitro groups is 1. The second-order valence-electron chi connectivity index (χ2n) is 6.63. The zero-order chi connectivity index (χ0) is 18.6. The first-order valence-corrected chi connectivity index (χ1v) is 8.44. The van der Waals surface area contributed by atoms with Gasteiger partial charge in [0, 0.05) is 24.2 Å². The van der Waals surface area contributed by atoms with Crippen LogP contribution >= 0.6 is 0 Å². The smallest absolute Gasteiger partial charge is 0.269 e. The molecule has 0 spiro atoms. The summed E-state index contributed by atoms with van der Waals surface area (Å²) in [5.41, 5.74) is 1.66. The first kappa shape index (κ1) is 18.6. The SMILES string of the molecule is CC(C)N(C(=O)C(c1ccccc1)c1ccc([N+](=O)[O-])cc1)C(C)C. The molecule has 1 unspecified atom stereocenters. The molecule has 132 valence electrons. The highest BCUT2D eigenvalue weighted by molar-refractivity contribution is 5.87. The third kappa shape index (κ3) is 4.24. The fraction of sp³-hybridized carbons (Fsp3) is 0.350. The molecule has 0 saturated heterocycles. The Bertz CT molecular complexity index is 716. The molecule has 0 bridgehead atoms. The van der Waals surface area contributed by atoms with Crippen LogP contribution in [0.4, 0.5) is 5.69 Å². The van der Waals surface area contributed by atoms with Gasteiger partial charge < -0.3 is 4.90 Å². The predicted octanol–water partition coefficient (Wildman–Crippen LogP) is 4.37. The lowest BCUT2D eigenvalue weighted by atomic mass is 9.89. The second-order valence-corrected chi connectivity index (χ2v) is 6.63. The van der Waals surface area contributed by atoms with Crippen LogP contribution < -0.4 is 0 Å². The summed E-state index contributed by atoms with van der Waals surface area (Å²) in [5.74, 6) is -0.475. The van der Waals surface area contributed by atoms with Crippen molar-refractivity contribution in [2.45, 2.75) is 45.7 Å². The number of hydrogen-bond acceptors (Lipinski definition) is 3. The lowest BCUT2D eigenvalue weighted by molar-refractivity contribution is -0.384. The van der Waals surface area contributed by atoms with Crippen molar-refractivity contribution in [3.05, 3.63) is 75.8 Å². The summed E-state index contributed by atoms with van der Waals surface area (Å²) in [6.45, 7) is 7.98. The molecule has 1 atom stereocenters. The Kier molecular flexibility index (Phi) is 5.91. The van der Waals surface area contributed by atoms with Gasteiger partial charge in [-0.05, 0) is 38.8 Å². The van der Waals surface area contributed by atoms with Crippen molar-refractivity contribution in [1.82, 2.24) is 4.90 Å². The van der Waals surface area contributed by atoms with Gasteiger partial charge >= 0.3 is 0 Å². The molecule has 5 nitrogen and oxygen atoms in total. The van der Waals surface area contributed by atoms with Crippen LogP contribution in [-0.2, 0) is 4.79 Å². The van der Waals surface area contributed by atoms with Crippen molar-refractivity contribution < 1.29 is 9.72 Å². The highest BCUT2D eigenvalue weighted by Gasteiger charge is 2.30. The normalized spacial score (nSPS) is 12.2. The summed E-state index contributed by atoms with van der Waals surface area (Å²) in [5, 5.41) is 10.9. The molecule has 0 heterocycles. The van der Waals surface area contributed by atoms with E-state index in [1.165, 1.54) is 12.1 Å². The molecule has 1 amide bonds. The number of non-ortho nitro benzene ring substituents is 1. The zero-order valence-corrected chi connectivity index (χ0v) is 15.0. The minimum absolute atomic E-state index is 0.00468. The Morgan fingerprint density at radius 1 is 0.880 bits per heavy atom. The van der Waals surface area contributed by atoms with Crippen molar-refractivity contribution in [3.63, 3.8) is 0 Å². The van der Waals surface area contributed by atoms with E-state index in [9.17, 15) is 14.9 Å². The molecule has 0 aliphatic rings. The lowest BCUT2D eigenvalue weighted by Crippen LogP contribution is -2.44. The molecule has 2 rings (SSSR count). The molecule has 2 aromatic rings. The highest BCUT2D eigenvalue weighted by atomic mass is 16.6. The number of amides is 1. The summed E-state index contributed by atoms with van der Waals surface area (Å²) in [7, 11) is 0. The van der Waals surface area contributed by atoms with Crippen LogP contribution in [0.1, 0.15) is 44.7 Å². The number of nitro benzene ring substituents is 1. The number of carbonyl (C=O) groups excluding carboxylic acids is 1. The summed E-state index contributed by atoms with van der Waals surface area (Å²) in [6, 6.07) is 15.9. The molecule has 2 aromatic carbocycles. The monoisotopic (exact) mass is 340 g/mol. The van der Waals surface area contributed by atoms with Gasteiger partial charge in [0.05, 0.1) is 10.8 Å². The number of benzene rings is 2. The van der Waals surface area contributed by atoms with E-state index in [1.54, 1.807) is 12.1 Å². The highest BCUT2D eigenvalue weighted by Crippen LogP contribution is 2.29. The van der Waals surface area contributed by atoms with Crippen LogP contribution in [0.3, 0.4) is 0 Å². The van der Waals surface area contributed by atoms with Gasteiger partial charge in [0.25, 0.3) is 5.69 Å². The Morgan fingerprint density at radius 3 is 1.80 bits per heavy atom. The number of carbonyl (C=O) groups is 1. The second kappa shape index (κ2) is 7.92. The molecular weight excluding hydrogens is 316 g/mol. The minimum Gasteiger partial charge on any atom is -0.337 e. The third-order valence-electron chi connectivity index (χ3n) is 4.18. The molecule has 0 saturated carbocycles. The van der Waals surface area contributed by atoms with Gasteiger partial charge in [-0.15, -0.1) is 0 Å². The number of nitrogens with zero attached hydrogens (tertiary/aromatic N) is 2. The first-order valence-electron chi connectivity index (χ1n) is 8.44. The van der Waals surface area contributed by atoms with E-state index in [2.05, 4.69) is 0 Å². The van der Waals surface area contributed by atoms with E-state index in [1.807, 2.05) is 62.9 Å². The maximum absolute atomic E-state index is 13.3. The lowest BCUT2D eigenvalue weighted by Gasteiger charge is -2.34. The van der Waals surface area contributed by atoms with Crippen LogP contribution in [0.25, 0.3) is 0 Å². The molecule has 0 fully saturated rings. The number of rotatable bonds is 6. The van der Waals surface area contributed by atoms with E-state index in [0.717, 1.165) is 11.1 Å². The van der Waals surface area contributed by atoms with Gasteiger partial charge in [0.2, 0.25) is 5.91 Å². The topological polar surface area (TPSA) is 63.5 Å². The first-order chi connectivity index (χ1) is 11.8. The van der Waals surface area contributed by atoms with Gasteiger partial charge in [-0.1, -0.05) is 42.5 Å². The zero-order valence-electron chi connectivity index (χ0n) is 15.0. The van der Waals surface area contributed by atoms with Gasteiger partial charge in [-0.3, -0.25) is 14.9 Å². The quantitative estimate of drug-likeness (QED) is 0.579. The minimum atomic E-state index is -0.480.